The van der Waals surface area contributed by atoms with Gasteiger partial charge in [0.1, 0.15) is 6.61 Å². The summed E-state index contributed by atoms with van der Waals surface area (Å²) < 4.78 is 78.3. The van der Waals surface area contributed by atoms with Gasteiger partial charge in [0, 0.05) is 0 Å². The second-order valence-corrected chi connectivity index (χ2v) is 7.13. The van der Waals surface area contributed by atoms with Crippen LogP contribution in [0.4, 0.5) is 13.2 Å². The number of carboxylic acid groups (broad SMARTS) is 1. The number of hydrogen-bond acceptors (Lipinski definition) is 7. The molecule has 1 heterocycles. The van der Waals surface area contributed by atoms with Gasteiger partial charge in [0.2, 0.25) is 0 Å². The summed E-state index contributed by atoms with van der Waals surface area (Å²) in [6, 6.07) is 0. The highest BCUT2D eigenvalue weighted by molar-refractivity contribution is 7.87. The summed E-state index contributed by atoms with van der Waals surface area (Å²) >= 11 is 0. The Balaban J connectivity index is 2.78. The Morgan fingerprint density at radius 1 is 1.22 bits per heavy atom. The van der Waals surface area contributed by atoms with Crippen molar-refractivity contribution in [2.45, 2.75) is 25.1 Å². The summed E-state index contributed by atoms with van der Waals surface area (Å²) in [5.41, 5.74) is -6.95. The van der Waals surface area contributed by atoms with Gasteiger partial charge in [-0.15, -0.1) is 0 Å². The molecular weight excluding hydrogens is 349 g/mol. The summed E-state index contributed by atoms with van der Waals surface area (Å²) in [6.07, 6.45) is 0. The van der Waals surface area contributed by atoms with Gasteiger partial charge < -0.3 is 19.3 Å². The summed E-state index contributed by atoms with van der Waals surface area (Å²) in [7, 11) is -5.79. The maximum Gasteiger partial charge on any atom is 0.523 e. The minimum absolute atomic E-state index is 0.229. The number of alkyl halides is 3. The van der Waals surface area contributed by atoms with E-state index in [4.69, 9.17) is 19.3 Å². The van der Waals surface area contributed by atoms with Crippen LogP contribution in [0.1, 0.15) is 13.8 Å². The van der Waals surface area contributed by atoms with Crippen LogP contribution in [-0.4, -0.2) is 63.8 Å². The van der Waals surface area contributed by atoms with Crippen LogP contribution in [0, 0.1) is 5.41 Å². The van der Waals surface area contributed by atoms with Gasteiger partial charge in [-0.3, -0.25) is 4.18 Å². The van der Waals surface area contributed by atoms with E-state index in [2.05, 4.69) is 4.18 Å². The smallest absolute Gasteiger partial charge is 0.480 e. The molecule has 0 unspecified atom stereocenters. The third kappa shape index (κ3) is 5.88. The van der Waals surface area contributed by atoms with Crippen molar-refractivity contribution in [1.29, 1.82) is 0 Å². The quantitative estimate of drug-likeness (QED) is 0.519. The predicted octanol–water partition coefficient (Wildman–Crippen LogP) is 0.723. The normalized spacial score (nSPS) is 21.1. The number of carbonyl (C=O) groups is 1. The van der Waals surface area contributed by atoms with Crippen LogP contribution in [0.15, 0.2) is 0 Å². The predicted molar refractivity (Wildman–Crippen MR) is 67.8 cm³/mol. The first kappa shape index (κ1) is 20.1. The Morgan fingerprint density at radius 2 is 1.74 bits per heavy atom. The monoisotopic (exact) mass is 366 g/mol. The highest BCUT2D eigenvalue weighted by Gasteiger charge is 2.50. The molecule has 0 atom stereocenters. The molecule has 0 saturated carbocycles. The molecule has 0 radical (unpaired) electrons. The van der Waals surface area contributed by atoms with E-state index in [9.17, 15) is 26.4 Å². The van der Waals surface area contributed by atoms with Crippen molar-refractivity contribution in [2.24, 2.45) is 5.41 Å². The number of carboxylic acids is 1. The highest BCUT2D eigenvalue weighted by atomic mass is 32.2. The Hall–Kier alpha value is -0.950. The maximum absolute atomic E-state index is 12.3. The molecule has 8 nitrogen and oxygen atoms in total. The number of rotatable bonds is 7. The average molecular weight is 366 g/mol. The van der Waals surface area contributed by atoms with Crippen LogP contribution in [0.3, 0.4) is 0 Å². The SMILES string of the molecule is CC1(C)OCC(COCC(=O)O)(COS(=O)(=O)C(F)(F)F)CO1. The molecule has 1 aliphatic heterocycles. The molecule has 1 saturated heterocycles. The fourth-order valence-electron chi connectivity index (χ4n) is 1.57. The van der Waals surface area contributed by atoms with Gasteiger partial charge in [0.15, 0.2) is 5.79 Å². The third-order valence-electron chi connectivity index (χ3n) is 2.89. The zero-order valence-electron chi connectivity index (χ0n) is 12.4. The number of hydrogen-bond donors (Lipinski definition) is 1. The molecule has 0 aromatic rings. The molecule has 1 aliphatic rings. The lowest BCUT2D eigenvalue weighted by Crippen LogP contribution is -2.52. The lowest BCUT2D eigenvalue weighted by Gasteiger charge is -2.42. The first-order valence-corrected chi connectivity index (χ1v) is 7.73. The lowest BCUT2D eigenvalue weighted by atomic mass is 9.91. The molecule has 0 aromatic carbocycles. The molecule has 0 aliphatic carbocycles. The molecule has 0 bridgehead atoms. The van der Waals surface area contributed by atoms with Crippen LogP contribution in [0.25, 0.3) is 0 Å². The average Bonchev–Trinajstić information content (AvgIpc) is 2.38. The summed E-state index contributed by atoms with van der Waals surface area (Å²) in [5, 5.41) is 8.51. The lowest BCUT2D eigenvalue weighted by molar-refractivity contribution is -0.295. The molecular formula is C11H17F3O8S. The van der Waals surface area contributed by atoms with Crippen molar-refractivity contribution >= 4 is 16.1 Å². The third-order valence-corrected chi connectivity index (χ3v) is 3.88. The zero-order chi connectivity index (χ0) is 17.9. The van der Waals surface area contributed by atoms with Gasteiger partial charge in [-0.05, 0) is 13.8 Å². The van der Waals surface area contributed by atoms with E-state index in [1.807, 2.05) is 0 Å². The topological polar surface area (TPSA) is 108 Å². The van der Waals surface area contributed by atoms with E-state index in [0.29, 0.717) is 0 Å². The molecule has 0 spiro atoms. The second-order valence-electron chi connectivity index (χ2n) is 5.53. The molecule has 12 heteroatoms. The van der Waals surface area contributed by atoms with Crippen molar-refractivity contribution in [3.63, 3.8) is 0 Å². The van der Waals surface area contributed by atoms with E-state index >= 15 is 0 Å². The van der Waals surface area contributed by atoms with Gasteiger partial charge in [0.05, 0.1) is 31.8 Å². The highest BCUT2D eigenvalue weighted by Crippen LogP contribution is 2.33. The number of halogens is 3. The Labute approximate surface area is 130 Å². The van der Waals surface area contributed by atoms with Gasteiger partial charge in [-0.25, -0.2) is 4.79 Å². The maximum atomic E-state index is 12.3. The van der Waals surface area contributed by atoms with Crippen molar-refractivity contribution < 1.29 is 49.9 Å². The van der Waals surface area contributed by atoms with Crippen molar-refractivity contribution in [3.8, 4) is 0 Å². The van der Waals surface area contributed by atoms with E-state index in [0.717, 1.165) is 0 Å². The fraction of sp³-hybridized carbons (Fsp3) is 0.909. The van der Waals surface area contributed by atoms with Gasteiger partial charge in [-0.2, -0.15) is 21.6 Å². The van der Waals surface area contributed by atoms with Gasteiger partial charge in [0.25, 0.3) is 0 Å². The van der Waals surface area contributed by atoms with Crippen molar-refractivity contribution in [1.82, 2.24) is 0 Å². The summed E-state index contributed by atoms with van der Waals surface area (Å²) in [6.45, 7) is 0.606. The van der Waals surface area contributed by atoms with E-state index < -0.39 is 52.6 Å². The molecule has 1 rings (SSSR count). The molecule has 1 N–H and O–H groups in total. The van der Waals surface area contributed by atoms with Crippen molar-refractivity contribution in [2.75, 3.05) is 33.0 Å². The number of aliphatic carboxylic acids is 1. The Kier molecular flexibility index (Phi) is 6.02. The first-order chi connectivity index (χ1) is 10.3. The van der Waals surface area contributed by atoms with Crippen LogP contribution >= 0.6 is 0 Å². The first-order valence-electron chi connectivity index (χ1n) is 6.32. The van der Waals surface area contributed by atoms with Crippen LogP contribution in [0.5, 0.6) is 0 Å². The molecule has 0 aromatic heterocycles. The molecule has 0 amide bonds. The van der Waals surface area contributed by atoms with E-state index in [1.165, 1.54) is 0 Å². The van der Waals surface area contributed by atoms with Crippen LogP contribution in [-0.2, 0) is 33.3 Å². The zero-order valence-corrected chi connectivity index (χ0v) is 13.2. The minimum Gasteiger partial charge on any atom is -0.480 e. The number of ether oxygens (including phenoxy) is 3. The molecule has 1 fully saturated rings. The summed E-state index contributed by atoms with van der Waals surface area (Å²) in [4.78, 5) is 10.4. The van der Waals surface area contributed by atoms with Crippen LogP contribution < -0.4 is 0 Å². The van der Waals surface area contributed by atoms with Crippen molar-refractivity contribution in [3.05, 3.63) is 0 Å². The Bertz CT molecular complexity index is 518. The van der Waals surface area contributed by atoms with E-state index in [-0.39, 0.29) is 13.2 Å². The van der Waals surface area contributed by atoms with Crippen LogP contribution in [0.2, 0.25) is 0 Å². The fourth-order valence-corrected chi connectivity index (χ4v) is 2.11. The van der Waals surface area contributed by atoms with Gasteiger partial charge >= 0.3 is 21.6 Å². The molecule has 23 heavy (non-hydrogen) atoms. The van der Waals surface area contributed by atoms with Gasteiger partial charge in [-0.1, -0.05) is 0 Å². The van der Waals surface area contributed by atoms with E-state index in [1.54, 1.807) is 13.8 Å². The standard InChI is InChI=1S/C11H17F3O8S/c1-9(2)20-5-10(6-21-9,4-19-3-8(15)16)7-22-23(17,18)11(12,13)14/h3-7H2,1-2H3,(H,15,16). The Morgan fingerprint density at radius 3 is 2.17 bits per heavy atom. The minimum atomic E-state index is -5.79. The largest absolute Gasteiger partial charge is 0.523 e. The summed E-state index contributed by atoms with van der Waals surface area (Å²) in [5.74, 6) is -2.30. The second kappa shape index (κ2) is 6.89. The molecule has 136 valence electrons.